The van der Waals surface area contributed by atoms with E-state index in [0.29, 0.717) is 33.9 Å². The Balaban J connectivity index is 1.93. The van der Waals surface area contributed by atoms with Crippen LogP contribution < -0.4 is 0 Å². The van der Waals surface area contributed by atoms with Crippen LogP contribution in [0.15, 0.2) is 15.0 Å². The second-order valence-corrected chi connectivity index (χ2v) is 4.97. The lowest BCUT2D eigenvalue weighted by Gasteiger charge is -2.10. The predicted octanol–water partition coefficient (Wildman–Crippen LogP) is 2.45. The normalized spacial score (nSPS) is 12.5. The zero-order chi connectivity index (χ0) is 15.9. The highest BCUT2D eigenvalue weighted by Crippen LogP contribution is 2.25. The Kier molecular flexibility index (Phi) is 3.36. The molecule has 1 unspecified atom stereocenters. The van der Waals surface area contributed by atoms with Crippen LogP contribution in [-0.4, -0.2) is 26.3 Å². The van der Waals surface area contributed by atoms with Crippen molar-refractivity contribution in [2.24, 2.45) is 0 Å². The summed E-state index contributed by atoms with van der Waals surface area (Å²) in [6, 6.07) is 1.64. The highest BCUT2D eigenvalue weighted by molar-refractivity contribution is 6.03. The number of nitrogens with zero attached hydrogens (tertiary/aromatic N) is 4. The van der Waals surface area contributed by atoms with Crippen LogP contribution in [-0.2, 0) is 4.74 Å². The predicted molar refractivity (Wildman–Crippen MR) is 74.1 cm³/mol. The number of hydrogen-bond donors (Lipinski definition) is 0. The summed E-state index contributed by atoms with van der Waals surface area (Å²) in [5.41, 5.74) is 1.88. The molecule has 0 aliphatic carbocycles. The lowest BCUT2D eigenvalue weighted by molar-refractivity contribution is 0.0279. The molecule has 3 rings (SSSR count). The SMILES string of the molecule is Cc1cc(C(=O)OC(C)c2nnc(C)o2)c2c(C)noc2n1. The molecule has 0 saturated carbocycles. The minimum atomic E-state index is -0.655. The molecule has 0 spiro atoms. The number of rotatable bonds is 3. The second kappa shape index (κ2) is 5.21. The Morgan fingerprint density at radius 2 is 2.05 bits per heavy atom. The van der Waals surface area contributed by atoms with Crippen molar-refractivity contribution in [3.05, 3.63) is 34.8 Å². The van der Waals surface area contributed by atoms with Gasteiger partial charge in [-0.15, -0.1) is 10.2 Å². The van der Waals surface area contributed by atoms with Gasteiger partial charge in [0.1, 0.15) is 0 Å². The van der Waals surface area contributed by atoms with Crippen LogP contribution in [0.2, 0.25) is 0 Å². The molecule has 8 heteroatoms. The first-order valence-corrected chi connectivity index (χ1v) is 6.70. The van der Waals surface area contributed by atoms with Gasteiger partial charge in [0, 0.05) is 12.6 Å². The lowest BCUT2D eigenvalue weighted by atomic mass is 10.1. The van der Waals surface area contributed by atoms with E-state index in [-0.39, 0.29) is 5.89 Å². The second-order valence-electron chi connectivity index (χ2n) is 4.97. The van der Waals surface area contributed by atoms with Crippen molar-refractivity contribution in [3.8, 4) is 0 Å². The van der Waals surface area contributed by atoms with Crippen molar-refractivity contribution < 1.29 is 18.5 Å². The number of ether oxygens (including phenoxy) is 1. The number of carbonyl (C=O) groups excluding carboxylic acids is 1. The maximum Gasteiger partial charge on any atom is 0.339 e. The van der Waals surface area contributed by atoms with Gasteiger partial charge in [-0.05, 0) is 26.8 Å². The van der Waals surface area contributed by atoms with Gasteiger partial charge in [-0.2, -0.15) is 0 Å². The van der Waals surface area contributed by atoms with Crippen LogP contribution in [0.4, 0.5) is 0 Å². The van der Waals surface area contributed by atoms with Crippen molar-refractivity contribution in [3.63, 3.8) is 0 Å². The van der Waals surface area contributed by atoms with Crippen molar-refractivity contribution in [2.75, 3.05) is 0 Å². The van der Waals surface area contributed by atoms with Crippen LogP contribution >= 0.6 is 0 Å². The van der Waals surface area contributed by atoms with Gasteiger partial charge in [-0.1, -0.05) is 5.16 Å². The summed E-state index contributed by atoms with van der Waals surface area (Å²) in [5, 5.41) is 11.9. The maximum atomic E-state index is 12.4. The molecule has 0 aromatic carbocycles. The Morgan fingerprint density at radius 3 is 2.73 bits per heavy atom. The highest BCUT2D eigenvalue weighted by Gasteiger charge is 2.23. The van der Waals surface area contributed by atoms with Gasteiger partial charge in [0.2, 0.25) is 5.89 Å². The minimum absolute atomic E-state index is 0.245. The van der Waals surface area contributed by atoms with Gasteiger partial charge < -0.3 is 13.7 Å². The standard InChI is InChI=1S/C14H14N4O4/c1-6-5-10(11-7(2)18-22-13(11)15-6)14(19)20-8(3)12-17-16-9(4)21-12/h5,8H,1-4H3. The van der Waals surface area contributed by atoms with E-state index in [1.807, 2.05) is 0 Å². The fourth-order valence-corrected chi connectivity index (χ4v) is 2.13. The number of aryl methyl sites for hydroxylation is 3. The van der Waals surface area contributed by atoms with E-state index >= 15 is 0 Å². The zero-order valence-electron chi connectivity index (χ0n) is 12.6. The Bertz CT molecular complexity index is 852. The van der Waals surface area contributed by atoms with Crippen molar-refractivity contribution in [1.82, 2.24) is 20.3 Å². The summed E-state index contributed by atoms with van der Waals surface area (Å²) < 4.78 is 15.8. The molecule has 0 amide bonds. The molecule has 0 N–H and O–H groups in total. The van der Waals surface area contributed by atoms with E-state index in [9.17, 15) is 4.79 Å². The third-order valence-corrected chi connectivity index (χ3v) is 3.14. The topological polar surface area (TPSA) is 104 Å². The number of pyridine rings is 1. The molecule has 22 heavy (non-hydrogen) atoms. The summed E-state index contributed by atoms with van der Waals surface area (Å²) >= 11 is 0. The Labute approximate surface area is 125 Å². The Morgan fingerprint density at radius 1 is 1.27 bits per heavy atom. The molecule has 0 radical (unpaired) electrons. The number of aromatic nitrogens is 4. The van der Waals surface area contributed by atoms with E-state index in [1.54, 1.807) is 33.8 Å². The third kappa shape index (κ3) is 2.43. The van der Waals surface area contributed by atoms with Gasteiger partial charge in [0.15, 0.2) is 6.10 Å². The highest BCUT2D eigenvalue weighted by atomic mass is 16.6. The van der Waals surface area contributed by atoms with Gasteiger partial charge in [-0.25, -0.2) is 9.78 Å². The van der Waals surface area contributed by atoms with E-state index in [1.165, 1.54) is 0 Å². The monoisotopic (exact) mass is 302 g/mol. The quantitative estimate of drug-likeness (QED) is 0.679. The van der Waals surface area contributed by atoms with Gasteiger partial charge in [-0.3, -0.25) is 0 Å². The zero-order valence-corrected chi connectivity index (χ0v) is 12.6. The summed E-state index contributed by atoms with van der Waals surface area (Å²) in [5.74, 6) is 0.134. The van der Waals surface area contributed by atoms with Crippen LogP contribution in [0.3, 0.4) is 0 Å². The molecule has 3 aromatic heterocycles. The fraction of sp³-hybridized carbons (Fsp3) is 0.357. The lowest BCUT2D eigenvalue weighted by Crippen LogP contribution is -2.11. The smallest absolute Gasteiger partial charge is 0.339 e. The van der Waals surface area contributed by atoms with E-state index in [0.717, 1.165) is 0 Å². The number of esters is 1. The summed E-state index contributed by atoms with van der Waals surface area (Å²) in [6.45, 7) is 6.83. The molecular weight excluding hydrogens is 288 g/mol. The van der Waals surface area contributed by atoms with Crippen molar-refractivity contribution in [1.29, 1.82) is 0 Å². The number of fused-ring (bicyclic) bond motifs is 1. The van der Waals surface area contributed by atoms with Crippen LogP contribution in [0.25, 0.3) is 11.1 Å². The maximum absolute atomic E-state index is 12.4. The summed E-state index contributed by atoms with van der Waals surface area (Å²) in [6.07, 6.45) is -0.655. The first-order chi connectivity index (χ1) is 10.5. The molecule has 3 heterocycles. The van der Waals surface area contributed by atoms with E-state index in [4.69, 9.17) is 13.7 Å². The van der Waals surface area contributed by atoms with Crippen molar-refractivity contribution in [2.45, 2.75) is 33.8 Å². The first-order valence-electron chi connectivity index (χ1n) is 6.70. The van der Waals surface area contributed by atoms with Gasteiger partial charge >= 0.3 is 5.97 Å². The largest absolute Gasteiger partial charge is 0.449 e. The van der Waals surface area contributed by atoms with Crippen LogP contribution in [0.1, 0.15) is 46.6 Å². The Hall–Kier alpha value is -2.77. The first kappa shape index (κ1) is 14.2. The molecule has 0 aliphatic rings. The average molecular weight is 302 g/mol. The molecule has 3 aromatic rings. The van der Waals surface area contributed by atoms with Crippen LogP contribution in [0.5, 0.6) is 0 Å². The third-order valence-electron chi connectivity index (χ3n) is 3.14. The van der Waals surface area contributed by atoms with Crippen LogP contribution in [0, 0.1) is 20.8 Å². The van der Waals surface area contributed by atoms with E-state index in [2.05, 4.69) is 20.3 Å². The molecule has 0 fully saturated rings. The van der Waals surface area contributed by atoms with Gasteiger partial charge in [0.25, 0.3) is 11.6 Å². The molecule has 114 valence electrons. The molecular formula is C14H14N4O4. The van der Waals surface area contributed by atoms with Gasteiger partial charge in [0.05, 0.1) is 16.6 Å². The summed E-state index contributed by atoms with van der Waals surface area (Å²) in [7, 11) is 0. The average Bonchev–Trinajstić information content (AvgIpc) is 3.05. The molecule has 0 saturated heterocycles. The molecule has 0 bridgehead atoms. The molecule has 1 atom stereocenters. The molecule has 0 aliphatic heterocycles. The fourth-order valence-electron chi connectivity index (χ4n) is 2.13. The number of hydrogen-bond acceptors (Lipinski definition) is 8. The van der Waals surface area contributed by atoms with Crippen molar-refractivity contribution >= 4 is 17.1 Å². The van der Waals surface area contributed by atoms with E-state index < -0.39 is 12.1 Å². The molecule has 8 nitrogen and oxygen atoms in total. The minimum Gasteiger partial charge on any atom is -0.449 e. The number of carbonyl (C=O) groups is 1. The summed E-state index contributed by atoms with van der Waals surface area (Å²) in [4.78, 5) is 16.6.